The van der Waals surface area contributed by atoms with Gasteiger partial charge in [-0.25, -0.2) is 0 Å². The van der Waals surface area contributed by atoms with Crippen LogP contribution in [-0.4, -0.2) is 25.9 Å². The average Bonchev–Trinajstić information content (AvgIpc) is 2.51. The van der Waals surface area contributed by atoms with Crippen LogP contribution in [0.1, 0.15) is 51.1 Å². The number of benzene rings is 1. The Morgan fingerprint density at radius 3 is 2.86 bits per heavy atom. The third kappa shape index (κ3) is 4.70. The summed E-state index contributed by atoms with van der Waals surface area (Å²) in [6.07, 6.45) is 4.95. The van der Waals surface area contributed by atoms with Crippen LogP contribution in [-0.2, 0) is 4.74 Å². The molecule has 0 radical (unpaired) electrons. The van der Waals surface area contributed by atoms with Gasteiger partial charge in [0.25, 0.3) is 0 Å². The zero-order chi connectivity index (χ0) is 15.1. The fraction of sp³-hybridized carbons (Fsp3) is 0.647. The first-order valence-electron chi connectivity index (χ1n) is 8.03. The maximum atomic E-state index is 6.01. The first-order valence-corrected chi connectivity index (χ1v) is 8.82. The molecule has 4 heteroatoms. The van der Waals surface area contributed by atoms with Crippen LogP contribution in [0, 0.1) is 0 Å². The number of ether oxygens (including phenoxy) is 2. The zero-order valence-corrected chi connectivity index (χ0v) is 14.6. The second-order valence-electron chi connectivity index (χ2n) is 5.45. The lowest BCUT2D eigenvalue weighted by Crippen LogP contribution is -2.36. The van der Waals surface area contributed by atoms with E-state index in [9.17, 15) is 0 Å². The van der Waals surface area contributed by atoms with Crippen LogP contribution in [0.15, 0.2) is 22.7 Å². The van der Waals surface area contributed by atoms with E-state index in [2.05, 4.69) is 40.3 Å². The molecule has 1 fully saturated rings. The van der Waals surface area contributed by atoms with E-state index in [0.717, 1.165) is 36.2 Å². The van der Waals surface area contributed by atoms with E-state index in [1.54, 1.807) is 0 Å². The number of hydrogen-bond acceptors (Lipinski definition) is 3. The molecule has 1 aromatic rings. The van der Waals surface area contributed by atoms with Crippen molar-refractivity contribution in [2.75, 3.05) is 19.8 Å². The Labute approximate surface area is 136 Å². The van der Waals surface area contributed by atoms with Gasteiger partial charge in [-0.3, -0.25) is 0 Å². The molecule has 21 heavy (non-hydrogen) atoms. The SMILES string of the molecule is CCCNC(c1ccc(OCC)cc1Br)C1CCCCO1. The minimum atomic E-state index is 0.246. The van der Waals surface area contributed by atoms with Crippen LogP contribution >= 0.6 is 15.9 Å². The van der Waals surface area contributed by atoms with Crippen molar-refractivity contribution in [1.82, 2.24) is 5.32 Å². The smallest absolute Gasteiger partial charge is 0.120 e. The van der Waals surface area contributed by atoms with Gasteiger partial charge in [-0.2, -0.15) is 0 Å². The van der Waals surface area contributed by atoms with Gasteiger partial charge >= 0.3 is 0 Å². The molecule has 0 aliphatic carbocycles. The summed E-state index contributed by atoms with van der Waals surface area (Å²) in [6.45, 7) is 6.77. The monoisotopic (exact) mass is 355 g/mol. The molecule has 0 saturated carbocycles. The van der Waals surface area contributed by atoms with Crippen LogP contribution in [0.3, 0.4) is 0 Å². The van der Waals surface area contributed by atoms with E-state index >= 15 is 0 Å². The molecule has 118 valence electrons. The van der Waals surface area contributed by atoms with Gasteiger partial charge in [0.1, 0.15) is 5.75 Å². The molecule has 0 bridgehead atoms. The van der Waals surface area contributed by atoms with E-state index in [1.807, 2.05) is 13.0 Å². The van der Waals surface area contributed by atoms with Crippen molar-refractivity contribution in [2.45, 2.75) is 51.7 Å². The van der Waals surface area contributed by atoms with Crippen LogP contribution in [0.2, 0.25) is 0 Å². The van der Waals surface area contributed by atoms with Crippen LogP contribution < -0.4 is 10.1 Å². The maximum absolute atomic E-state index is 6.01. The van der Waals surface area contributed by atoms with Gasteiger partial charge in [-0.1, -0.05) is 28.9 Å². The normalized spacial score (nSPS) is 20.2. The summed E-state index contributed by atoms with van der Waals surface area (Å²) in [6, 6.07) is 6.51. The van der Waals surface area contributed by atoms with Crippen LogP contribution in [0.5, 0.6) is 5.75 Å². The van der Waals surface area contributed by atoms with Crippen molar-refractivity contribution in [2.24, 2.45) is 0 Å². The van der Waals surface area contributed by atoms with Gasteiger partial charge < -0.3 is 14.8 Å². The van der Waals surface area contributed by atoms with Crippen molar-refractivity contribution in [1.29, 1.82) is 0 Å². The summed E-state index contributed by atoms with van der Waals surface area (Å²) < 4.78 is 12.7. The summed E-state index contributed by atoms with van der Waals surface area (Å²) in [5.41, 5.74) is 1.26. The number of hydrogen-bond donors (Lipinski definition) is 1. The summed E-state index contributed by atoms with van der Waals surface area (Å²) in [7, 11) is 0. The maximum Gasteiger partial charge on any atom is 0.120 e. The van der Waals surface area contributed by atoms with Gasteiger partial charge in [0.05, 0.1) is 18.8 Å². The van der Waals surface area contributed by atoms with E-state index in [4.69, 9.17) is 9.47 Å². The minimum Gasteiger partial charge on any atom is -0.494 e. The molecule has 2 atom stereocenters. The minimum absolute atomic E-state index is 0.246. The first-order chi connectivity index (χ1) is 10.3. The van der Waals surface area contributed by atoms with Gasteiger partial charge in [0.2, 0.25) is 0 Å². The summed E-state index contributed by atoms with van der Waals surface area (Å²) >= 11 is 3.70. The molecule has 0 spiro atoms. The average molecular weight is 356 g/mol. The van der Waals surface area contributed by atoms with Gasteiger partial charge in [0, 0.05) is 11.1 Å². The van der Waals surface area contributed by atoms with Crippen molar-refractivity contribution < 1.29 is 9.47 Å². The Morgan fingerprint density at radius 1 is 1.38 bits per heavy atom. The lowest BCUT2D eigenvalue weighted by atomic mass is 9.95. The third-order valence-electron chi connectivity index (χ3n) is 3.82. The number of rotatable bonds is 7. The second-order valence-corrected chi connectivity index (χ2v) is 6.31. The van der Waals surface area contributed by atoms with Crippen LogP contribution in [0.25, 0.3) is 0 Å². The Bertz CT molecular complexity index is 433. The van der Waals surface area contributed by atoms with Crippen molar-refractivity contribution in [3.8, 4) is 5.75 Å². The lowest BCUT2D eigenvalue weighted by Gasteiger charge is -2.32. The Balaban J connectivity index is 2.18. The summed E-state index contributed by atoms with van der Waals surface area (Å²) in [4.78, 5) is 0. The predicted octanol–water partition coefficient (Wildman–Crippen LogP) is 4.46. The highest BCUT2D eigenvalue weighted by molar-refractivity contribution is 9.10. The van der Waals surface area contributed by atoms with E-state index in [0.29, 0.717) is 6.61 Å². The molecular weight excluding hydrogens is 330 g/mol. The molecule has 1 heterocycles. The molecule has 0 amide bonds. The molecule has 3 nitrogen and oxygen atoms in total. The molecule has 1 N–H and O–H groups in total. The zero-order valence-electron chi connectivity index (χ0n) is 13.0. The fourth-order valence-electron chi connectivity index (χ4n) is 2.79. The highest BCUT2D eigenvalue weighted by Gasteiger charge is 2.27. The quantitative estimate of drug-likeness (QED) is 0.783. The van der Waals surface area contributed by atoms with Gasteiger partial charge in [-0.15, -0.1) is 0 Å². The fourth-order valence-corrected chi connectivity index (χ4v) is 3.39. The molecule has 1 aromatic carbocycles. The van der Waals surface area contributed by atoms with E-state index < -0.39 is 0 Å². The second kappa shape index (κ2) is 8.76. The molecule has 1 aliphatic rings. The van der Waals surface area contributed by atoms with Crippen molar-refractivity contribution >= 4 is 15.9 Å². The highest BCUT2D eigenvalue weighted by atomic mass is 79.9. The first kappa shape index (κ1) is 16.8. The largest absolute Gasteiger partial charge is 0.494 e. The molecular formula is C17H26BrNO2. The van der Waals surface area contributed by atoms with Crippen LogP contribution in [0.4, 0.5) is 0 Å². The third-order valence-corrected chi connectivity index (χ3v) is 4.51. The molecule has 2 unspecified atom stereocenters. The lowest BCUT2D eigenvalue weighted by molar-refractivity contribution is -0.00831. The molecule has 1 aliphatic heterocycles. The Kier molecular flexibility index (Phi) is 7.00. The van der Waals surface area contributed by atoms with E-state index in [-0.39, 0.29) is 12.1 Å². The summed E-state index contributed by atoms with van der Waals surface area (Å²) in [5, 5.41) is 3.65. The number of nitrogens with one attached hydrogen (secondary N) is 1. The van der Waals surface area contributed by atoms with E-state index in [1.165, 1.54) is 18.4 Å². The van der Waals surface area contributed by atoms with Gasteiger partial charge in [-0.05, 0) is 56.8 Å². The molecule has 1 saturated heterocycles. The van der Waals surface area contributed by atoms with Gasteiger partial charge in [0.15, 0.2) is 0 Å². The topological polar surface area (TPSA) is 30.5 Å². The Morgan fingerprint density at radius 2 is 2.24 bits per heavy atom. The Hall–Kier alpha value is -0.580. The number of halogens is 1. The molecule has 2 rings (SSSR count). The van der Waals surface area contributed by atoms with Crippen molar-refractivity contribution in [3.63, 3.8) is 0 Å². The predicted molar refractivity (Wildman–Crippen MR) is 89.9 cm³/mol. The molecule has 0 aromatic heterocycles. The summed E-state index contributed by atoms with van der Waals surface area (Å²) in [5.74, 6) is 0.909. The van der Waals surface area contributed by atoms with Crippen molar-refractivity contribution in [3.05, 3.63) is 28.2 Å². The standard InChI is InChI=1S/C17H26BrNO2/c1-3-10-19-17(16-7-5-6-11-21-16)14-9-8-13(20-4-2)12-15(14)18/h8-9,12,16-17,19H,3-7,10-11H2,1-2H3. The highest BCUT2D eigenvalue weighted by Crippen LogP contribution is 2.33.